The topological polar surface area (TPSA) is 59.9 Å². The maximum absolute atomic E-state index is 12.1. The molecule has 0 atom stereocenters. The van der Waals surface area contributed by atoms with Gasteiger partial charge in [0.25, 0.3) is 0 Å². The Bertz CT molecular complexity index is 798. The Balaban J connectivity index is 2.06. The van der Waals surface area contributed by atoms with Crippen molar-refractivity contribution in [2.75, 3.05) is 14.2 Å². The van der Waals surface area contributed by atoms with Gasteiger partial charge in [0, 0.05) is 5.56 Å². The number of methoxy groups -OCH3 is 2. The fraction of sp³-hybridized carbons (Fsp3) is 0.300. The molecule has 0 bridgehead atoms. The van der Waals surface area contributed by atoms with E-state index < -0.39 is 0 Å². The zero-order chi connectivity index (χ0) is 18.4. The molecule has 0 spiro atoms. The molecule has 5 heteroatoms. The second-order valence-corrected chi connectivity index (χ2v) is 5.91. The van der Waals surface area contributed by atoms with E-state index in [1.807, 2.05) is 51.1 Å². The predicted molar refractivity (Wildman–Crippen MR) is 99.5 cm³/mol. The summed E-state index contributed by atoms with van der Waals surface area (Å²) in [5.74, 6) is 1.13. The van der Waals surface area contributed by atoms with E-state index in [4.69, 9.17) is 9.47 Å². The molecule has 0 heterocycles. The molecule has 132 valence electrons. The molecule has 0 aliphatic carbocycles. The number of hydrogen-bond donors (Lipinski definition) is 1. The van der Waals surface area contributed by atoms with Crippen LogP contribution in [0.2, 0.25) is 0 Å². The average molecular weight is 340 g/mol. The van der Waals surface area contributed by atoms with E-state index >= 15 is 0 Å². The Hall–Kier alpha value is -2.82. The largest absolute Gasteiger partial charge is 0.493 e. The SMILES string of the molecule is COc1ccc(/C(C)=N/NC(=O)Cc2ccc(C)cc2C)cc1OC. The van der Waals surface area contributed by atoms with Gasteiger partial charge in [0.2, 0.25) is 5.91 Å². The summed E-state index contributed by atoms with van der Waals surface area (Å²) < 4.78 is 10.5. The van der Waals surface area contributed by atoms with Gasteiger partial charge in [0.1, 0.15) is 0 Å². The molecule has 0 aromatic heterocycles. The van der Waals surface area contributed by atoms with Gasteiger partial charge in [0.15, 0.2) is 11.5 Å². The molecule has 1 N–H and O–H groups in total. The molecule has 1 amide bonds. The van der Waals surface area contributed by atoms with Crippen molar-refractivity contribution in [3.8, 4) is 11.5 Å². The van der Waals surface area contributed by atoms with Crippen molar-refractivity contribution >= 4 is 11.6 Å². The number of nitrogens with zero attached hydrogens (tertiary/aromatic N) is 1. The summed E-state index contributed by atoms with van der Waals surface area (Å²) in [6.07, 6.45) is 0.300. The molecule has 0 radical (unpaired) electrons. The number of hydrogen-bond acceptors (Lipinski definition) is 4. The third-order valence-corrected chi connectivity index (χ3v) is 4.00. The molecule has 2 aromatic carbocycles. The van der Waals surface area contributed by atoms with Gasteiger partial charge in [-0.25, -0.2) is 5.43 Å². The number of carbonyl (C=O) groups is 1. The zero-order valence-electron chi connectivity index (χ0n) is 15.3. The molecule has 5 nitrogen and oxygen atoms in total. The Morgan fingerprint density at radius 1 is 1.04 bits per heavy atom. The highest BCUT2D eigenvalue weighted by atomic mass is 16.5. The summed E-state index contributed by atoms with van der Waals surface area (Å²) in [5.41, 5.74) is 7.45. The molecule has 0 aliphatic rings. The van der Waals surface area contributed by atoms with Crippen molar-refractivity contribution in [1.82, 2.24) is 5.43 Å². The molecular formula is C20H24N2O3. The van der Waals surface area contributed by atoms with E-state index in [0.29, 0.717) is 23.6 Å². The first kappa shape index (κ1) is 18.5. The van der Waals surface area contributed by atoms with Crippen LogP contribution in [0.25, 0.3) is 0 Å². The van der Waals surface area contributed by atoms with Crippen LogP contribution in [0.15, 0.2) is 41.5 Å². The maximum Gasteiger partial charge on any atom is 0.244 e. The fourth-order valence-corrected chi connectivity index (χ4v) is 2.53. The van der Waals surface area contributed by atoms with Crippen LogP contribution in [-0.4, -0.2) is 25.8 Å². The highest BCUT2D eigenvalue weighted by Gasteiger charge is 2.08. The van der Waals surface area contributed by atoms with Crippen LogP contribution in [0.3, 0.4) is 0 Å². The lowest BCUT2D eigenvalue weighted by Crippen LogP contribution is -2.21. The summed E-state index contributed by atoms with van der Waals surface area (Å²) in [4.78, 5) is 12.1. The van der Waals surface area contributed by atoms with E-state index in [-0.39, 0.29) is 5.91 Å². The normalized spacial score (nSPS) is 11.2. The average Bonchev–Trinajstić information content (AvgIpc) is 2.61. The fourth-order valence-electron chi connectivity index (χ4n) is 2.53. The Labute approximate surface area is 148 Å². The molecule has 25 heavy (non-hydrogen) atoms. The highest BCUT2D eigenvalue weighted by Crippen LogP contribution is 2.27. The maximum atomic E-state index is 12.1. The second kappa shape index (κ2) is 8.33. The summed E-state index contributed by atoms with van der Waals surface area (Å²) >= 11 is 0. The predicted octanol–water partition coefficient (Wildman–Crippen LogP) is 3.40. The van der Waals surface area contributed by atoms with Gasteiger partial charge in [-0.2, -0.15) is 5.10 Å². The van der Waals surface area contributed by atoms with Gasteiger partial charge in [-0.05, 0) is 50.1 Å². The van der Waals surface area contributed by atoms with Crippen LogP contribution in [0.4, 0.5) is 0 Å². The minimum atomic E-state index is -0.147. The summed E-state index contributed by atoms with van der Waals surface area (Å²) in [6, 6.07) is 11.6. The number of carbonyl (C=O) groups excluding carboxylic acids is 1. The van der Waals surface area contributed by atoms with Crippen molar-refractivity contribution in [3.05, 3.63) is 58.7 Å². The van der Waals surface area contributed by atoms with E-state index in [1.165, 1.54) is 5.56 Å². The van der Waals surface area contributed by atoms with Gasteiger partial charge in [0.05, 0.1) is 26.4 Å². The number of hydrazone groups is 1. The van der Waals surface area contributed by atoms with Crippen LogP contribution in [0.1, 0.15) is 29.2 Å². The van der Waals surface area contributed by atoms with Crippen molar-refractivity contribution in [1.29, 1.82) is 0 Å². The van der Waals surface area contributed by atoms with Gasteiger partial charge < -0.3 is 9.47 Å². The van der Waals surface area contributed by atoms with Crippen LogP contribution < -0.4 is 14.9 Å². The van der Waals surface area contributed by atoms with Gasteiger partial charge in [-0.15, -0.1) is 0 Å². The number of rotatable bonds is 6. The lowest BCUT2D eigenvalue weighted by molar-refractivity contribution is -0.120. The Kier molecular flexibility index (Phi) is 6.17. The van der Waals surface area contributed by atoms with Gasteiger partial charge in [-0.3, -0.25) is 4.79 Å². The molecule has 0 aliphatic heterocycles. The minimum absolute atomic E-state index is 0.147. The van der Waals surface area contributed by atoms with Crippen LogP contribution in [-0.2, 0) is 11.2 Å². The van der Waals surface area contributed by atoms with Crippen molar-refractivity contribution in [2.24, 2.45) is 5.10 Å². The molecule has 0 saturated carbocycles. The number of nitrogens with one attached hydrogen (secondary N) is 1. The highest BCUT2D eigenvalue weighted by molar-refractivity contribution is 5.99. The summed E-state index contributed by atoms with van der Waals surface area (Å²) in [6.45, 7) is 5.88. The molecule has 0 unspecified atom stereocenters. The third kappa shape index (κ3) is 4.83. The number of aryl methyl sites for hydroxylation is 2. The molecule has 0 saturated heterocycles. The summed E-state index contributed by atoms with van der Waals surface area (Å²) in [5, 5.41) is 4.19. The van der Waals surface area contributed by atoms with Crippen LogP contribution in [0.5, 0.6) is 11.5 Å². The van der Waals surface area contributed by atoms with E-state index in [0.717, 1.165) is 16.7 Å². The molecule has 2 aromatic rings. The van der Waals surface area contributed by atoms with E-state index in [9.17, 15) is 4.79 Å². The van der Waals surface area contributed by atoms with Crippen molar-refractivity contribution in [3.63, 3.8) is 0 Å². The number of ether oxygens (including phenoxy) is 2. The first-order valence-electron chi connectivity index (χ1n) is 8.06. The molecule has 0 fully saturated rings. The second-order valence-electron chi connectivity index (χ2n) is 5.91. The van der Waals surface area contributed by atoms with Crippen molar-refractivity contribution in [2.45, 2.75) is 27.2 Å². The standard InChI is InChI=1S/C20H24N2O3/c1-13-6-7-16(14(2)10-13)12-20(23)22-21-15(3)17-8-9-18(24-4)19(11-17)25-5/h6-11H,12H2,1-5H3,(H,22,23)/b21-15+. The molecule has 2 rings (SSSR count). The Morgan fingerprint density at radius 2 is 1.76 bits per heavy atom. The quantitative estimate of drug-likeness (QED) is 0.647. The first-order valence-corrected chi connectivity index (χ1v) is 8.06. The first-order chi connectivity index (χ1) is 11.9. The third-order valence-electron chi connectivity index (χ3n) is 4.00. The van der Waals surface area contributed by atoms with Crippen LogP contribution >= 0.6 is 0 Å². The lowest BCUT2D eigenvalue weighted by atomic mass is 10.0. The van der Waals surface area contributed by atoms with Crippen LogP contribution in [0, 0.1) is 13.8 Å². The number of benzene rings is 2. The molecular weight excluding hydrogens is 316 g/mol. The van der Waals surface area contributed by atoms with Gasteiger partial charge in [-0.1, -0.05) is 23.8 Å². The Morgan fingerprint density at radius 3 is 2.40 bits per heavy atom. The lowest BCUT2D eigenvalue weighted by Gasteiger charge is -2.10. The minimum Gasteiger partial charge on any atom is -0.493 e. The summed E-state index contributed by atoms with van der Waals surface area (Å²) in [7, 11) is 3.17. The van der Waals surface area contributed by atoms with E-state index in [2.05, 4.69) is 16.6 Å². The van der Waals surface area contributed by atoms with E-state index in [1.54, 1.807) is 14.2 Å². The zero-order valence-corrected chi connectivity index (χ0v) is 15.3. The smallest absolute Gasteiger partial charge is 0.244 e. The monoisotopic (exact) mass is 340 g/mol. The van der Waals surface area contributed by atoms with Gasteiger partial charge >= 0.3 is 0 Å². The number of amides is 1. The van der Waals surface area contributed by atoms with Crippen molar-refractivity contribution < 1.29 is 14.3 Å².